The summed E-state index contributed by atoms with van der Waals surface area (Å²) in [6.45, 7) is 1.07. The van der Waals surface area contributed by atoms with Gasteiger partial charge in [-0.3, -0.25) is 0 Å². The summed E-state index contributed by atoms with van der Waals surface area (Å²) in [5, 5.41) is 0. The fraction of sp³-hybridized carbons (Fsp3) is 0.750. The van der Waals surface area contributed by atoms with Crippen LogP contribution in [0.5, 0.6) is 0 Å². The van der Waals surface area contributed by atoms with Crippen molar-refractivity contribution in [1.82, 2.24) is 15.0 Å². The minimum absolute atomic E-state index is 0.310. The fourth-order valence-corrected chi connectivity index (χ4v) is 2.06. The molecule has 1 aromatic heterocycles. The smallest absolute Gasteiger partial charge is 0.232 e. The third kappa shape index (κ3) is 2.47. The molecule has 1 heterocycles. The Morgan fingerprint density at radius 1 is 1.06 bits per heavy atom. The molecule has 0 aliphatic heterocycles. The molecule has 0 saturated heterocycles. The summed E-state index contributed by atoms with van der Waals surface area (Å²) in [6.07, 6.45) is 5.17. The molecule has 2 aliphatic carbocycles. The van der Waals surface area contributed by atoms with E-state index in [1.807, 2.05) is 19.0 Å². The van der Waals surface area contributed by atoms with Gasteiger partial charge in [-0.15, -0.1) is 0 Å². The van der Waals surface area contributed by atoms with Crippen LogP contribution in [0.1, 0.15) is 25.7 Å². The Morgan fingerprint density at radius 2 is 1.72 bits per heavy atom. The van der Waals surface area contributed by atoms with Crippen LogP contribution in [0.4, 0.5) is 17.8 Å². The first-order chi connectivity index (χ1) is 8.63. The van der Waals surface area contributed by atoms with Gasteiger partial charge in [0.15, 0.2) is 0 Å². The van der Waals surface area contributed by atoms with E-state index in [2.05, 4.69) is 19.9 Å². The van der Waals surface area contributed by atoms with Gasteiger partial charge in [0.2, 0.25) is 17.8 Å². The van der Waals surface area contributed by atoms with E-state index >= 15 is 0 Å². The van der Waals surface area contributed by atoms with E-state index in [0.29, 0.717) is 17.9 Å². The summed E-state index contributed by atoms with van der Waals surface area (Å²) in [7, 11) is 3.84. The molecule has 0 unspecified atom stereocenters. The molecule has 2 saturated carbocycles. The molecule has 0 bridgehead atoms. The molecule has 6 nitrogen and oxygen atoms in total. The van der Waals surface area contributed by atoms with Crippen molar-refractivity contribution in [3.8, 4) is 0 Å². The average Bonchev–Trinajstić information content (AvgIpc) is 3.17. The monoisotopic (exact) mass is 248 g/mol. The third-order valence-corrected chi connectivity index (χ3v) is 3.43. The van der Waals surface area contributed by atoms with E-state index in [4.69, 9.17) is 5.73 Å². The van der Waals surface area contributed by atoms with Gasteiger partial charge in [-0.2, -0.15) is 15.0 Å². The van der Waals surface area contributed by atoms with Crippen molar-refractivity contribution in [2.45, 2.75) is 31.7 Å². The first kappa shape index (κ1) is 11.5. The van der Waals surface area contributed by atoms with E-state index in [1.54, 1.807) is 0 Å². The zero-order valence-corrected chi connectivity index (χ0v) is 11.0. The van der Waals surface area contributed by atoms with E-state index in [1.165, 1.54) is 25.7 Å². The fourth-order valence-electron chi connectivity index (χ4n) is 2.06. The van der Waals surface area contributed by atoms with Crippen LogP contribution in [-0.2, 0) is 0 Å². The number of nitrogen functional groups attached to an aromatic ring is 1. The zero-order valence-electron chi connectivity index (χ0n) is 11.0. The molecule has 1 aromatic rings. The summed E-state index contributed by atoms with van der Waals surface area (Å²) in [5.41, 5.74) is 5.79. The van der Waals surface area contributed by atoms with Crippen molar-refractivity contribution in [3.05, 3.63) is 0 Å². The minimum Gasteiger partial charge on any atom is -0.368 e. The maximum atomic E-state index is 5.79. The van der Waals surface area contributed by atoms with Crippen LogP contribution in [-0.4, -0.2) is 41.6 Å². The maximum absolute atomic E-state index is 5.79. The van der Waals surface area contributed by atoms with Gasteiger partial charge < -0.3 is 15.5 Å². The van der Waals surface area contributed by atoms with Crippen molar-refractivity contribution in [3.63, 3.8) is 0 Å². The maximum Gasteiger partial charge on any atom is 0.232 e. The second kappa shape index (κ2) is 4.26. The lowest BCUT2D eigenvalue weighted by Gasteiger charge is -2.23. The summed E-state index contributed by atoms with van der Waals surface area (Å²) in [6, 6.07) is 0.613. The molecule has 0 spiro atoms. The van der Waals surface area contributed by atoms with Crippen LogP contribution in [0.15, 0.2) is 0 Å². The lowest BCUT2D eigenvalue weighted by Crippen LogP contribution is -2.31. The lowest BCUT2D eigenvalue weighted by atomic mass is 10.3. The van der Waals surface area contributed by atoms with Crippen LogP contribution in [0.25, 0.3) is 0 Å². The lowest BCUT2D eigenvalue weighted by molar-refractivity contribution is 0.694. The Hall–Kier alpha value is -1.59. The molecule has 0 amide bonds. The zero-order chi connectivity index (χ0) is 12.7. The number of anilines is 3. The number of rotatable bonds is 5. The van der Waals surface area contributed by atoms with Gasteiger partial charge >= 0.3 is 0 Å². The van der Waals surface area contributed by atoms with Gasteiger partial charge in [-0.05, 0) is 31.6 Å². The molecule has 0 aromatic carbocycles. The standard InChI is InChI=1S/C12H20N6/c1-17(2)11-14-10(13)15-12(16-11)18(9-5-6-9)7-8-3-4-8/h8-9H,3-7H2,1-2H3,(H2,13,14,15,16). The van der Waals surface area contributed by atoms with Gasteiger partial charge in [0.25, 0.3) is 0 Å². The van der Waals surface area contributed by atoms with E-state index in [9.17, 15) is 0 Å². The highest BCUT2D eigenvalue weighted by molar-refractivity contribution is 5.44. The van der Waals surface area contributed by atoms with Gasteiger partial charge in [0, 0.05) is 26.7 Å². The summed E-state index contributed by atoms with van der Waals surface area (Å²) >= 11 is 0. The number of nitrogens with two attached hydrogens (primary N) is 1. The Bertz CT molecular complexity index is 438. The number of hydrogen-bond donors (Lipinski definition) is 1. The van der Waals surface area contributed by atoms with Gasteiger partial charge in [0.05, 0.1) is 0 Å². The van der Waals surface area contributed by atoms with E-state index in [0.717, 1.165) is 18.4 Å². The molecule has 98 valence electrons. The van der Waals surface area contributed by atoms with Crippen molar-refractivity contribution >= 4 is 17.8 Å². The first-order valence-electron chi connectivity index (χ1n) is 6.59. The predicted molar refractivity (Wildman–Crippen MR) is 71.7 cm³/mol. The van der Waals surface area contributed by atoms with Crippen LogP contribution < -0.4 is 15.5 Å². The van der Waals surface area contributed by atoms with Crippen molar-refractivity contribution in [1.29, 1.82) is 0 Å². The van der Waals surface area contributed by atoms with Gasteiger partial charge in [0.1, 0.15) is 0 Å². The van der Waals surface area contributed by atoms with Gasteiger partial charge in [-0.1, -0.05) is 0 Å². The van der Waals surface area contributed by atoms with Gasteiger partial charge in [-0.25, -0.2) is 0 Å². The van der Waals surface area contributed by atoms with Crippen LogP contribution in [0.3, 0.4) is 0 Å². The third-order valence-electron chi connectivity index (χ3n) is 3.43. The predicted octanol–water partition coefficient (Wildman–Crippen LogP) is 0.899. The molecular weight excluding hydrogens is 228 g/mol. The van der Waals surface area contributed by atoms with Crippen molar-refractivity contribution in [2.75, 3.05) is 36.2 Å². The minimum atomic E-state index is 0.310. The molecule has 2 fully saturated rings. The Labute approximate surface area is 107 Å². The first-order valence-corrected chi connectivity index (χ1v) is 6.59. The van der Waals surface area contributed by atoms with Crippen molar-refractivity contribution in [2.24, 2.45) is 5.92 Å². The quantitative estimate of drug-likeness (QED) is 0.834. The molecule has 0 atom stereocenters. The highest BCUT2D eigenvalue weighted by Gasteiger charge is 2.35. The van der Waals surface area contributed by atoms with Crippen LogP contribution >= 0.6 is 0 Å². The normalized spacial score (nSPS) is 18.8. The van der Waals surface area contributed by atoms with Crippen LogP contribution in [0, 0.1) is 5.92 Å². The number of hydrogen-bond acceptors (Lipinski definition) is 6. The topological polar surface area (TPSA) is 71.2 Å². The Balaban J connectivity index is 1.87. The van der Waals surface area contributed by atoms with Crippen LogP contribution in [0.2, 0.25) is 0 Å². The largest absolute Gasteiger partial charge is 0.368 e. The van der Waals surface area contributed by atoms with E-state index < -0.39 is 0 Å². The molecule has 0 radical (unpaired) electrons. The Morgan fingerprint density at radius 3 is 2.28 bits per heavy atom. The highest BCUT2D eigenvalue weighted by Crippen LogP contribution is 2.36. The SMILES string of the molecule is CN(C)c1nc(N)nc(N(CC2CC2)C2CC2)n1. The molecule has 18 heavy (non-hydrogen) atoms. The molecule has 6 heteroatoms. The number of nitrogens with zero attached hydrogens (tertiary/aromatic N) is 5. The van der Waals surface area contributed by atoms with Crippen molar-refractivity contribution < 1.29 is 0 Å². The van der Waals surface area contributed by atoms with E-state index in [-0.39, 0.29) is 0 Å². The molecule has 3 rings (SSSR count). The molecule has 2 N–H and O–H groups in total. The second-order valence-electron chi connectivity index (χ2n) is 5.51. The molecular formula is C12H20N6. The number of aromatic nitrogens is 3. The second-order valence-corrected chi connectivity index (χ2v) is 5.51. The summed E-state index contributed by atoms with van der Waals surface area (Å²) in [5.74, 6) is 2.52. The highest BCUT2D eigenvalue weighted by atomic mass is 15.4. The Kier molecular flexibility index (Phi) is 2.72. The summed E-state index contributed by atoms with van der Waals surface area (Å²) in [4.78, 5) is 17.2. The average molecular weight is 248 g/mol. The molecule has 2 aliphatic rings. The summed E-state index contributed by atoms with van der Waals surface area (Å²) < 4.78 is 0.